The summed E-state index contributed by atoms with van der Waals surface area (Å²) in [5.41, 5.74) is 8.28. The maximum absolute atomic E-state index is 4.01. The van der Waals surface area contributed by atoms with Crippen LogP contribution >= 0.6 is 7.92 Å². The van der Waals surface area contributed by atoms with Gasteiger partial charge in [0.2, 0.25) is 0 Å². The van der Waals surface area contributed by atoms with Gasteiger partial charge in [0.15, 0.2) is 0 Å². The van der Waals surface area contributed by atoms with Gasteiger partial charge in [-0.15, -0.1) is 24.3 Å². The van der Waals surface area contributed by atoms with Crippen LogP contribution in [0, 0.1) is 13.8 Å². The first kappa shape index (κ1) is 43.2. The van der Waals surface area contributed by atoms with Crippen LogP contribution in [0.25, 0.3) is 22.3 Å². The van der Waals surface area contributed by atoms with E-state index in [1.165, 1.54) is 32.7 Å². The molecule has 6 aromatic carbocycles. The molecule has 0 bridgehead atoms. The third kappa shape index (κ3) is 12.4. The summed E-state index contributed by atoms with van der Waals surface area (Å²) >= 11 is 0. The molecular weight excluding hydrogens is 781 g/mol. The molecule has 0 fully saturated rings. The average Bonchev–Trinajstić information content (AvgIpc) is 3.98. The van der Waals surface area contributed by atoms with E-state index < -0.39 is 7.92 Å². The molecule has 0 saturated carbocycles. The van der Waals surface area contributed by atoms with E-state index in [0.717, 1.165) is 22.3 Å². The van der Waals surface area contributed by atoms with Crippen molar-refractivity contribution in [2.75, 3.05) is 19.0 Å². The summed E-state index contributed by atoms with van der Waals surface area (Å²) in [5.74, 6) is 0. The van der Waals surface area contributed by atoms with Crippen LogP contribution in [0.2, 0.25) is 0 Å². The summed E-state index contributed by atoms with van der Waals surface area (Å²) in [5, 5.41) is 18.1. The first-order chi connectivity index (χ1) is 25.5. The van der Waals surface area contributed by atoms with Crippen LogP contribution in [0.3, 0.4) is 0 Å². The Bertz CT molecular complexity index is 2010. The Morgan fingerprint density at radius 1 is 0.463 bits per heavy atom. The maximum Gasteiger partial charge on any atom is 2.00 e. The van der Waals surface area contributed by atoms with Crippen LogP contribution in [0.5, 0.6) is 0 Å². The smallest absolute Gasteiger partial charge is 0.582 e. The largest absolute Gasteiger partial charge is 2.00 e. The molecule has 2 aromatic heterocycles. The summed E-state index contributed by atoms with van der Waals surface area (Å²) in [6, 6.07) is 59.3. The maximum atomic E-state index is 4.01. The van der Waals surface area contributed by atoms with Crippen molar-refractivity contribution in [1.29, 1.82) is 0 Å². The molecule has 5 nitrogen and oxygen atoms in total. The van der Waals surface area contributed by atoms with Gasteiger partial charge in [-0.3, -0.25) is 0 Å². The third-order valence-electron chi connectivity index (χ3n) is 8.07. The van der Waals surface area contributed by atoms with E-state index in [2.05, 4.69) is 175 Å². The molecule has 0 unspecified atom stereocenters. The number of anilines is 1. The number of hydrogen-bond donors (Lipinski definition) is 0. The second kappa shape index (κ2) is 23.4. The van der Waals surface area contributed by atoms with Gasteiger partial charge in [-0.25, -0.2) is 0 Å². The van der Waals surface area contributed by atoms with E-state index >= 15 is 0 Å². The molecule has 0 saturated heterocycles. The standard InChI is InChI=1S/C26H24NP.C14H12.2C3H3N2.2Cu/c1-27(2)25-19-11-9-17-23(25)24-18-10-12-20-26(24)28(21-13-5-3-6-14-21)22-15-7-4-8-16-22;1-11-7-3-5-9-13(11)14-10-6-4-8-12(14)2;2*1-2-4-5-3-1;;/h3-20H,1-2H3;3-10H,1-2H2;2*1-3H;;/q;-2;2*-1;;+2/p+1. The fraction of sp³-hybridized carbons (Fsp3) is 0.0435. The van der Waals surface area contributed by atoms with Gasteiger partial charge in [0.1, 0.15) is 15.9 Å². The first-order valence-corrected chi connectivity index (χ1v) is 18.5. The van der Waals surface area contributed by atoms with Gasteiger partial charge in [-0.05, 0) is 36.4 Å². The summed E-state index contributed by atoms with van der Waals surface area (Å²) in [4.78, 5) is 2.20. The quantitative estimate of drug-likeness (QED) is 0.0955. The molecule has 0 atom stereocenters. The van der Waals surface area contributed by atoms with Crippen molar-refractivity contribution in [3.8, 4) is 22.3 Å². The van der Waals surface area contributed by atoms with E-state index in [1.54, 1.807) is 36.9 Å². The van der Waals surface area contributed by atoms with Crippen LogP contribution in [0.4, 0.5) is 5.69 Å². The Labute approximate surface area is 343 Å². The van der Waals surface area contributed by atoms with E-state index in [-0.39, 0.29) is 34.1 Å². The third-order valence-corrected chi connectivity index (χ3v) is 10.9. The van der Waals surface area contributed by atoms with Gasteiger partial charge < -0.3 is 25.3 Å². The minimum atomic E-state index is -1.11. The van der Waals surface area contributed by atoms with Gasteiger partial charge >= 0.3 is 17.1 Å². The molecule has 0 N–H and O–H groups in total. The Hall–Kier alpha value is -5.25. The van der Waals surface area contributed by atoms with Crippen LogP contribution in [0.15, 0.2) is 195 Å². The Kier molecular flexibility index (Phi) is 18.7. The molecule has 0 aliphatic carbocycles. The minimum Gasteiger partial charge on any atom is -0.582 e. The van der Waals surface area contributed by atoms with Gasteiger partial charge in [0, 0.05) is 60.4 Å². The predicted molar refractivity (Wildman–Crippen MR) is 222 cm³/mol. The van der Waals surface area contributed by atoms with Crippen molar-refractivity contribution >= 4 is 29.5 Å². The second-order valence-electron chi connectivity index (χ2n) is 11.8. The fourth-order valence-electron chi connectivity index (χ4n) is 5.67. The molecule has 0 amide bonds. The molecular formula is C46H43Cu2N5P-. The average molecular weight is 824 g/mol. The van der Waals surface area contributed by atoms with E-state index in [9.17, 15) is 0 Å². The van der Waals surface area contributed by atoms with E-state index in [0.29, 0.717) is 0 Å². The zero-order valence-electron chi connectivity index (χ0n) is 30.2. The molecule has 8 heteroatoms. The van der Waals surface area contributed by atoms with Crippen molar-refractivity contribution in [3.05, 3.63) is 220 Å². The number of hydrogen-bond acceptors (Lipinski definition) is 3. The normalized spacial score (nSPS) is 9.69. The number of aromatic nitrogens is 4. The number of rotatable bonds is 6. The molecule has 8 aromatic rings. The molecule has 0 aliphatic heterocycles. The van der Waals surface area contributed by atoms with E-state index in [4.69, 9.17) is 0 Å². The minimum absolute atomic E-state index is 0. The molecule has 2 radical (unpaired) electrons. The molecule has 8 rings (SSSR count). The van der Waals surface area contributed by atoms with Crippen LogP contribution < -0.4 is 31.0 Å². The van der Waals surface area contributed by atoms with Crippen molar-refractivity contribution in [2.24, 2.45) is 0 Å². The second-order valence-corrected chi connectivity index (χ2v) is 14.3. The van der Waals surface area contributed by atoms with Crippen LogP contribution in [-0.4, -0.2) is 24.3 Å². The van der Waals surface area contributed by atoms with Gasteiger partial charge in [0.25, 0.3) is 0 Å². The zero-order chi connectivity index (χ0) is 36.4. The molecule has 0 aliphatic rings. The molecule has 280 valence electrons. The number of nitrogens with zero attached hydrogens (tertiary/aromatic N) is 5. The first-order valence-electron chi connectivity index (χ1n) is 17.0. The summed E-state index contributed by atoms with van der Waals surface area (Å²) in [6.07, 6.45) is 6.56. The Morgan fingerprint density at radius 2 is 0.852 bits per heavy atom. The fourth-order valence-corrected chi connectivity index (χ4v) is 8.42. The van der Waals surface area contributed by atoms with Crippen LogP contribution in [0.1, 0.15) is 11.1 Å². The van der Waals surface area contributed by atoms with Gasteiger partial charge in [0.05, 0.1) is 7.92 Å². The van der Waals surface area contributed by atoms with Crippen molar-refractivity contribution in [3.63, 3.8) is 0 Å². The topological polar surface area (TPSA) is 57.2 Å². The SMILES string of the molecule is CN(C)c1ccccc1-c1ccccc1[PH+](c1ccccc1)c1ccccc1.[CH2-]c1ccccc1-c1ccccc1[CH2-].[Cu+2].[Cu].c1cn[n-]c1.c1cn[n-]c1. The van der Waals surface area contributed by atoms with Crippen molar-refractivity contribution in [2.45, 2.75) is 0 Å². The zero-order valence-corrected chi connectivity index (χ0v) is 33.1. The van der Waals surface area contributed by atoms with Crippen molar-refractivity contribution in [1.82, 2.24) is 20.4 Å². The summed E-state index contributed by atoms with van der Waals surface area (Å²) < 4.78 is 0. The van der Waals surface area contributed by atoms with Crippen LogP contribution in [-0.2, 0) is 34.1 Å². The predicted octanol–water partition coefficient (Wildman–Crippen LogP) is 8.70. The van der Waals surface area contributed by atoms with Gasteiger partial charge in [-0.2, -0.15) is 60.6 Å². The number of para-hydroxylation sites is 1. The van der Waals surface area contributed by atoms with E-state index in [1.807, 2.05) is 36.4 Å². The summed E-state index contributed by atoms with van der Waals surface area (Å²) in [7, 11) is 3.11. The summed E-state index contributed by atoms with van der Waals surface area (Å²) in [6.45, 7) is 8.02. The van der Waals surface area contributed by atoms with Crippen molar-refractivity contribution < 1.29 is 34.1 Å². The molecule has 54 heavy (non-hydrogen) atoms. The molecule has 2 heterocycles. The monoisotopic (exact) mass is 822 g/mol. The van der Waals surface area contributed by atoms with Gasteiger partial charge in [-0.1, -0.05) is 97.1 Å². The Balaban J connectivity index is 0.000000248. The molecule has 0 spiro atoms. The Morgan fingerprint density at radius 3 is 1.24 bits per heavy atom. The number of benzene rings is 6.